The van der Waals surface area contributed by atoms with E-state index in [2.05, 4.69) is 4.98 Å². The van der Waals surface area contributed by atoms with Crippen molar-refractivity contribution in [2.75, 3.05) is 0 Å². The number of alkyl halides is 1. The lowest BCUT2D eigenvalue weighted by Gasteiger charge is -2.08. The molecular formula is C14H7Cl2F3N2. The molecule has 0 spiro atoms. The summed E-state index contributed by atoms with van der Waals surface area (Å²) in [5.74, 6) is -2.17. The molecule has 0 aliphatic rings. The van der Waals surface area contributed by atoms with E-state index in [1.165, 1.54) is 22.8 Å². The molecule has 3 rings (SSSR count). The molecule has 1 heterocycles. The van der Waals surface area contributed by atoms with Crippen LogP contribution in [-0.2, 0) is 5.88 Å². The van der Waals surface area contributed by atoms with Gasteiger partial charge in [0.2, 0.25) is 0 Å². The fourth-order valence-corrected chi connectivity index (χ4v) is 2.46. The van der Waals surface area contributed by atoms with Crippen LogP contribution in [0.3, 0.4) is 0 Å². The zero-order valence-electron chi connectivity index (χ0n) is 10.4. The fourth-order valence-electron chi connectivity index (χ4n) is 2.12. The maximum atomic E-state index is 13.5. The van der Waals surface area contributed by atoms with Crippen LogP contribution in [0.4, 0.5) is 13.2 Å². The predicted molar refractivity (Wildman–Crippen MR) is 75.5 cm³/mol. The maximum absolute atomic E-state index is 13.5. The zero-order chi connectivity index (χ0) is 15.1. The molecule has 0 saturated heterocycles. The fraction of sp³-hybridized carbons (Fsp3) is 0.0714. The average Bonchev–Trinajstić information content (AvgIpc) is 2.80. The second-order valence-electron chi connectivity index (χ2n) is 4.35. The van der Waals surface area contributed by atoms with Gasteiger partial charge in [-0.1, -0.05) is 11.6 Å². The molecule has 0 radical (unpaired) electrons. The lowest BCUT2D eigenvalue weighted by Crippen LogP contribution is -2.00. The van der Waals surface area contributed by atoms with Gasteiger partial charge in [0, 0.05) is 12.1 Å². The molecule has 0 saturated carbocycles. The molecule has 0 N–H and O–H groups in total. The second kappa shape index (κ2) is 5.24. The van der Waals surface area contributed by atoms with Crippen molar-refractivity contribution in [3.63, 3.8) is 0 Å². The Balaban J connectivity index is 2.34. The third-order valence-corrected chi connectivity index (χ3v) is 3.58. The van der Waals surface area contributed by atoms with Gasteiger partial charge in [-0.15, -0.1) is 11.6 Å². The molecule has 21 heavy (non-hydrogen) atoms. The van der Waals surface area contributed by atoms with E-state index in [0.717, 1.165) is 12.1 Å². The van der Waals surface area contributed by atoms with Crippen LogP contribution in [0.25, 0.3) is 16.7 Å². The van der Waals surface area contributed by atoms with Crippen molar-refractivity contribution >= 4 is 34.2 Å². The third kappa shape index (κ3) is 2.36. The van der Waals surface area contributed by atoms with E-state index < -0.39 is 17.5 Å². The van der Waals surface area contributed by atoms with Gasteiger partial charge in [-0.25, -0.2) is 18.2 Å². The Morgan fingerprint density at radius 3 is 2.43 bits per heavy atom. The van der Waals surface area contributed by atoms with Gasteiger partial charge in [-0.05, 0) is 18.2 Å². The first-order valence-electron chi connectivity index (χ1n) is 5.89. The molecule has 0 atom stereocenters. The van der Waals surface area contributed by atoms with Gasteiger partial charge in [0.25, 0.3) is 0 Å². The Morgan fingerprint density at radius 2 is 1.76 bits per heavy atom. The van der Waals surface area contributed by atoms with Crippen molar-refractivity contribution in [2.45, 2.75) is 5.88 Å². The molecule has 108 valence electrons. The minimum absolute atomic E-state index is 0.0207. The van der Waals surface area contributed by atoms with Gasteiger partial charge in [-0.2, -0.15) is 0 Å². The zero-order valence-corrected chi connectivity index (χ0v) is 11.9. The highest BCUT2D eigenvalue weighted by Gasteiger charge is 2.15. The largest absolute Gasteiger partial charge is 0.295 e. The Kier molecular flexibility index (Phi) is 3.55. The van der Waals surface area contributed by atoms with Crippen molar-refractivity contribution < 1.29 is 13.2 Å². The molecule has 0 bridgehead atoms. The number of nitrogens with zero attached hydrogens (tertiary/aromatic N) is 2. The predicted octanol–water partition coefficient (Wildman–Crippen LogP) is 4.84. The Labute approximate surface area is 127 Å². The molecule has 2 aromatic carbocycles. The molecule has 0 fully saturated rings. The van der Waals surface area contributed by atoms with Gasteiger partial charge >= 0.3 is 0 Å². The van der Waals surface area contributed by atoms with Crippen molar-refractivity contribution in [2.24, 2.45) is 0 Å². The van der Waals surface area contributed by atoms with Crippen LogP contribution in [0.5, 0.6) is 0 Å². The molecule has 3 aromatic rings. The van der Waals surface area contributed by atoms with E-state index in [9.17, 15) is 13.2 Å². The number of hydrogen-bond acceptors (Lipinski definition) is 1. The summed E-state index contributed by atoms with van der Waals surface area (Å²) in [5, 5.41) is -0.0904. The van der Waals surface area contributed by atoms with E-state index in [4.69, 9.17) is 23.2 Å². The Hall–Kier alpha value is -1.72. The monoisotopic (exact) mass is 330 g/mol. The minimum Gasteiger partial charge on any atom is -0.295 e. The summed E-state index contributed by atoms with van der Waals surface area (Å²) >= 11 is 11.6. The molecule has 0 aliphatic heterocycles. The van der Waals surface area contributed by atoms with Gasteiger partial charge in [0.15, 0.2) is 11.6 Å². The summed E-state index contributed by atoms with van der Waals surface area (Å²) in [6.45, 7) is 0. The summed E-state index contributed by atoms with van der Waals surface area (Å²) in [7, 11) is 0. The first kappa shape index (κ1) is 14.2. The molecule has 0 amide bonds. The van der Waals surface area contributed by atoms with Crippen LogP contribution in [0.2, 0.25) is 5.02 Å². The van der Waals surface area contributed by atoms with Crippen molar-refractivity contribution in [3.8, 4) is 5.69 Å². The second-order valence-corrected chi connectivity index (χ2v) is 5.02. The smallest absolute Gasteiger partial charge is 0.160 e. The summed E-state index contributed by atoms with van der Waals surface area (Å²) in [6, 6.07) is 5.94. The lowest BCUT2D eigenvalue weighted by molar-refractivity contribution is 0.508. The van der Waals surface area contributed by atoms with Crippen LogP contribution < -0.4 is 0 Å². The van der Waals surface area contributed by atoms with Crippen LogP contribution in [0.1, 0.15) is 5.82 Å². The Morgan fingerprint density at radius 1 is 1.00 bits per heavy atom. The van der Waals surface area contributed by atoms with Crippen molar-refractivity contribution in [1.82, 2.24) is 9.55 Å². The van der Waals surface area contributed by atoms with E-state index in [1.807, 2.05) is 0 Å². The number of fused-ring (bicyclic) bond motifs is 1. The quantitative estimate of drug-likeness (QED) is 0.615. The normalized spacial score (nSPS) is 11.3. The maximum Gasteiger partial charge on any atom is 0.160 e. The first-order valence-corrected chi connectivity index (χ1v) is 6.80. The summed E-state index contributed by atoms with van der Waals surface area (Å²) in [6.07, 6.45) is 0. The van der Waals surface area contributed by atoms with Gasteiger partial charge in [0.05, 0.1) is 27.6 Å². The molecule has 2 nitrogen and oxygen atoms in total. The van der Waals surface area contributed by atoms with Gasteiger partial charge in [0.1, 0.15) is 11.6 Å². The van der Waals surface area contributed by atoms with E-state index in [0.29, 0.717) is 22.5 Å². The van der Waals surface area contributed by atoms with Crippen molar-refractivity contribution in [3.05, 3.63) is 58.6 Å². The molecule has 0 unspecified atom stereocenters. The summed E-state index contributed by atoms with van der Waals surface area (Å²) < 4.78 is 41.5. The van der Waals surface area contributed by atoms with Gasteiger partial charge < -0.3 is 0 Å². The van der Waals surface area contributed by atoms with E-state index >= 15 is 0 Å². The van der Waals surface area contributed by atoms with Crippen LogP contribution in [-0.4, -0.2) is 9.55 Å². The number of halogens is 5. The SMILES string of the molecule is Fc1ccc(-n2c(CCl)nc3cc(F)c(Cl)cc32)cc1F. The highest BCUT2D eigenvalue weighted by molar-refractivity contribution is 6.31. The third-order valence-electron chi connectivity index (χ3n) is 3.05. The summed E-state index contributed by atoms with van der Waals surface area (Å²) in [4.78, 5) is 4.18. The Bertz CT molecular complexity index is 846. The number of aromatic nitrogens is 2. The number of benzene rings is 2. The lowest BCUT2D eigenvalue weighted by atomic mass is 10.2. The first-order chi connectivity index (χ1) is 10.0. The van der Waals surface area contributed by atoms with Gasteiger partial charge in [-0.3, -0.25) is 4.57 Å². The van der Waals surface area contributed by atoms with Crippen LogP contribution in [0, 0.1) is 17.5 Å². The van der Waals surface area contributed by atoms with E-state index in [-0.39, 0.29) is 10.9 Å². The number of hydrogen-bond donors (Lipinski definition) is 0. The highest BCUT2D eigenvalue weighted by Crippen LogP contribution is 2.28. The molecular weight excluding hydrogens is 324 g/mol. The van der Waals surface area contributed by atoms with Crippen LogP contribution >= 0.6 is 23.2 Å². The molecule has 0 aliphatic carbocycles. The summed E-state index contributed by atoms with van der Waals surface area (Å²) in [5.41, 5.74) is 1.12. The molecule has 1 aromatic heterocycles. The number of rotatable bonds is 2. The topological polar surface area (TPSA) is 17.8 Å². The minimum atomic E-state index is -0.997. The standard InChI is InChI=1S/C14H7Cl2F3N2/c15-6-14-20-12-5-10(18)8(16)4-13(12)21(14)7-1-2-9(17)11(19)3-7/h1-5H,6H2. The van der Waals surface area contributed by atoms with Crippen molar-refractivity contribution in [1.29, 1.82) is 0 Å². The molecule has 7 heteroatoms. The average molecular weight is 331 g/mol. The number of imidazole rings is 1. The van der Waals surface area contributed by atoms with E-state index in [1.54, 1.807) is 0 Å². The highest BCUT2D eigenvalue weighted by atomic mass is 35.5. The van der Waals surface area contributed by atoms with Crippen LogP contribution in [0.15, 0.2) is 30.3 Å².